The number of aryl methyl sites for hydroxylation is 1. The first kappa shape index (κ1) is 14.7. The molecule has 2 aromatic rings. The van der Waals surface area contributed by atoms with Gasteiger partial charge in [0.2, 0.25) is 6.86 Å². The summed E-state index contributed by atoms with van der Waals surface area (Å²) in [5.74, 6) is 1.05. The predicted octanol–water partition coefficient (Wildman–Crippen LogP) is 4.11. The molecule has 2 rings (SSSR count). The number of anilines is 2. The van der Waals surface area contributed by atoms with Crippen LogP contribution in [0.1, 0.15) is 11.1 Å². The van der Waals surface area contributed by atoms with E-state index in [0.29, 0.717) is 11.6 Å². The van der Waals surface area contributed by atoms with Crippen LogP contribution in [0, 0.1) is 6.92 Å². The van der Waals surface area contributed by atoms with E-state index >= 15 is 0 Å². The Balaban J connectivity index is 2.15. The van der Waals surface area contributed by atoms with E-state index in [4.69, 9.17) is 4.74 Å². The van der Waals surface area contributed by atoms with Gasteiger partial charge in [0.15, 0.2) is 0 Å². The van der Waals surface area contributed by atoms with Gasteiger partial charge in [-0.25, -0.2) is 9.37 Å². The van der Waals surface area contributed by atoms with Crippen molar-refractivity contribution in [1.29, 1.82) is 0 Å². The first-order valence-corrected chi connectivity index (χ1v) is 6.38. The van der Waals surface area contributed by atoms with Gasteiger partial charge in [-0.3, -0.25) is 4.99 Å². The Morgan fingerprint density at radius 1 is 1.38 bits per heavy atom. The molecule has 1 heterocycles. The maximum Gasteiger partial charge on any atom is 0.228 e. The van der Waals surface area contributed by atoms with Crippen LogP contribution in [0.2, 0.25) is 0 Å². The van der Waals surface area contributed by atoms with Gasteiger partial charge in [-0.05, 0) is 55.1 Å². The van der Waals surface area contributed by atoms with Crippen molar-refractivity contribution in [3.8, 4) is 5.75 Å². The molecule has 0 aliphatic carbocycles. The third-order valence-electron chi connectivity index (χ3n) is 2.87. The zero-order chi connectivity index (χ0) is 15.1. The van der Waals surface area contributed by atoms with E-state index in [-0.39, 0.29) is 0 Å². The van der Waals surface area contributed by atoms with E-state index in [1.165, 1.54) is 6.20 Å². The molecule has 0 spiro atoms. The van der Waals surface area contributed by atoms with Crippen molar-refractivity contribution in [2.24, 2.45) is 4.99 Å². The van der Waals surface area contributed by atoms with Gasteiger partial charge >= 0.3 is 0 Å². The average molecular weight is 285 g/mol. The molecule has 0 aliphatic heterocycles. The smallest absolute Gasteiger partial charge is 0.228 e. The van der Waals surface area contributed by atoms with Crippen LogP contribution in [0.5, 0.6) is 5.75 Å². The number of nitrogens with one attached hydrogen (secondary N) is 1. The van der Waals surface area contributed by atoms with E-state index in [1.807, 2.05) is 31.2 Å². The van der Waals surface area contributed by atoms with Crippen LogP contribution in [0.3, 0.4) is 0 Å². The van der Waals surface area contributed by atoms with Crippen molar-refractivity contribution in [3.05, 3.63) is 53.9 Å². The molecular weight excluding hydrogens is 269 g/mol. The van der Waals surface area contributed by atoms with Crippen molar-refractivity contribution in [2.75, 3.05) is 12.2 Å². The number of benzene rings is 1. The summed E-state index contributed by atoms with van der Waals surface area (Å²) in [7, 11) is 0. The summed E-state index contributed by atoms with van der Waals surface area (Å²) < 4.78 is 16.7. The molecule has 1 N–H and O–H groups in total. The molecule has 0 bridgehead atoms. The number of rotatable bonds is 6. The van der Waals surface area contributed by atoms with Crippen molar-refractivity contribution in [3.63, 3.8) is 0 Å². The third kappa shape index (κ3) is 4.14. The van der Waals surface area contributed by atoms with E-state index in [9.17, 15) is 4.39 Å². The fourth-order valence-electron chi connectivity index (χ4n) is 1.78. The fourth-order valence-corrected chi connectivity index (χ4v) is 1.78. The molecule has 5 heteroatoms. The Morgan fingerprint density at radius 3 is 2.90 bits per heavy atom. The third-order valence-corrected chi connectivity index (χ3v) is 2.87. The lowest BCUT2D eigenvalue weighted by atomic mass is 10.1. The number of hydrogen-bond acceptors (Lipinski definition) is 4. The molecule has 0 fully saturated rings. The second-order valence-electron chi connectivity index (χ2n) is 4.33. The summed E-state index contributed by atoms with van der Waals surface area (Å²) in [5, 5.41) is 3.18. The molecule has 0 atom stereocenters. The lowest BCUT2D eigenvalue weighted by Crippen LogP contribution is -1.96. The van der Waals surface area contributed by atoms with Crippen LogP contribution >= 0.6 is 0 Å². The molecule has 0 radical (unpaired) electrons. The Labute approximate surface area is 123 Å². The fraction of sp³-hybridized carbons (Fsp3) is 0.125. The van der Waals surface area contributed by atoms with Gasteiger partial charge < -0.3 is 10.1 Å². The number of ether oxygens (including phenoxy) is 1. The second kappa shape index (κ2) is 7.19. The molecule has 1 aromatic heterocycles. The molecule has 4 nitrogen and oxygen atoms in total. The molecular formula is C16H16FN3O. The number of aliphatic imine (C=N–C) groups is 1. The van der Waals surface area contributed by atoms with E-state index in [1.54, 1.807) is 18.3 Å². The summed E-state index contributed by atoms with van der Waals surface area (Å²) >= 11 is 0. The number of aromatic nitrogens is 1. The summed E-state index contributed by atoms with van der Waals surface area (Å²) in [6.07, 6.45) is 5.01. The highest BCUT2D eigenvalue weighted by Crippen LogP contribution is 2.21. The molecule has 0 saturated heterocycles. The highest BCUT2D eigenvalue weighted by molar-refractivity contribution is 5.64. The molecule has 0 amide bonds. The largest absolute Gasteiger partial charge is 0.461 e. The van der Waals surface area contributed by atoms with Crippen molar-refractivity contribution >= 4 is 24.3 Å². The van der Waals surface area contributed by atoms with Crippen molar-refractivity contribution < 1.29 is 9.13 Å². The van der Waals surface area contributed by atoms with Crippen LogP contribution in [-0.4, -0.2) is 18.6 Å². The first-order chi connectivity index (χ1) is 10.2. The van der Waals surface area contributed by atoms with Gasteiger partial charge in [-0.2, -0.15) is 0 Å². The van der Waals surface area contributed by atoms with Gasteiger partial charge in [-0.15, -0.1) is 0 Å². The molecule has 0 unspecified atom stereocenters. The topological polar surface area (TPSA) is 46.5 Å². The Kier molecular flexibility index (Phi) is 5.04. The zero-order valence-corrected chi connectivity index (χ0v) is 11.7. The van der Waals surface area contributed by atoms with Crippen LogP contribution in [0.15, 0.2) is 47.7 Å². The number of pyridine rings is 1. The van der Waals surface area contributed by atoms with Crippen LogP contribution in [-0.2, 0) is 0 Å². The number of hydrogen-bond donors (Lipinski definition) is 1. The quantitative estimate of drug-likeness (QED) is 0.812. The number of nitrogens with zero attached hydrogens (tertiary/aromatic N) is 2. The summed E-state index contributed by atoms with van der Waals surface area (Å²) in [6.45, 7) is 4.58. The minimum atomic E-state index is -0.862. The molecule has 21 heavy (non-hydrogen) atoms. The lowest BCUT2D eigenvalue weighted by molar-refractivity contribution is 0.191. The van der Waals surface area contributed by atoms with Gasteiger partial charge in [0.05, 0.1) is 6.20 Å². The summed E-state index contributed by atoms with van der Waals surface area (Å²) in [4.78, 5) is 7.86. The van der Waals surface area contributed by atoms with Crippen molar-refractivity contribution in [2.45, 2.75) is 6.92 Å². The molecule has 108 valence electrons. The van der Waals surface area contributed by atoms with Gasteiger partial charge in [0, 0.05) is 11.9 Å². The van der Waals surface area contributed by atoms with Gasteiger partial charge in [-0.1, -0.05) is 6.07 Å². The van der Waals surface area contributed by atoms with Crippen LogP contribution < -0.4 is 10.1 Å². The molecule has 0 saturated carbocycles. The monoisotopic (exact) mass is 285 g/mol. The van der Waals surface area contributed by atoms with E-state index in [2.05, 4.69) is 22.0 Å². The number of alkyl halides is 1. The zero-order valence-electron chi connectivity index (χ0n) is 11.7. The second-order valence-corrected chi connectivity index (χ2v) is 4.33. The predicted molar refractivity (Wildman–Crippen MR) is 83.9 cm³/mol. The average Bonchev–Trinajstić information content (AvgIpc) is 2.50. The first-order valence-electron chi connectivity index (χ1n) is 6.38. The SMILES string of the molecule is C=N/C=C\c1cc(Nc2ccc(OCF)cn2)ccc1C. The van der Waals surface area contributed by atoms with Crippen LogP contribution in [0.25, 0.3) is 6.08 Å². The van der Waals surface area contributed by atoms with E-state index in [0.717, 1.165) is 16.8 Å². The van der Waals surface area contributed by atoms with Crippen molar-refractivity contribution in [1.82, 2.24) is 4.98 Å². The van der Waals surface area contributed by atoms with E-state index < -0.39 is 6.86 Å². The highest BCUT2D eigenvalue weighted by atomic mass is 19.1. The lowest BCUT2D eigenvalue weighted by Gasteiger charge is -2.09. The minimum Gasteiger partial charge on any atom is -0.461 e. The highest BCUT2D eigenvalue weighted by Gasteiger charge is 2.00. The van der Waals surface area contributed by atoms with Gasteiger partial charge in [0.1, 0.15) is 11.6 Å². The van der Waals surface area contributed by atoms with Crippen LogP contribution in [0.4, 0.5) is 15.9 Å². The molecule has 1 aromatic carbocycles. The van der Waals surface area contributed by atoms with Gasteiger partial charge in [0.25, 0.3) is 0 Å². The summed E-state index contributed by atoms with van der Waals surface area (Å²) in [5.41, 5.74) is 3.08. The Bertz CT molecular complexity index is 638. The number of halogens is 1. The summed E-state index contributed by atoms with van der Waals surface area (Å²) in [6, 6.07) is 9.34. The maximum absolute atomic E-state index is 12.0. The standard InChI is InChI=1S/C16H16FN3O/c1-12-3-4-14(9-13(12)7-8-18-2)20-16-6-5-15(10-19-16)21-11-17/h3-10H,2,11H2,1H3,(H,19,20)/b8-7-. The maximum atomic E-state index is 12.0. The Hall–Kier alpha value is -2.69. The molecule has 0 aliphatic rings. The minimum absolute atomic E-state index is 0.396. The Morgan fingerprint density at radius 2 is 2.24 bits per heavy atom. The normalized spacial score (nSPS) is 10.6.